The number of nitrogens with two attached hydrogens (primary N) is 1. The van der Waals surface area contributed by atoms with Crippen LogP contribution in [0.25, 0.3) is 0 Å². The average Bonchev–Trinajstić information content (AvgIpc) is 2.28. The van der Waals surface area contributed by atoms with Crippen LogP contribution in [0.5, 0.6) is 0 Å². The number of ether oxygens (including phenoxy) is 1. The van der Waals surface area contributed by atoms with Crippen LogP contribution in [-0.4, -0.2) is 37.9 Å². The number of nitrogens with one attached hydrogen (secondary N) is 1. The third-order valence-corrected chi connectivity index (χ3v) is 3.54. The number of alkyl halides is 3. The highest BCUT2D eigenvalue weighted by Gasteiger charge is 2.47. The van der Waals surface area contributed by atoms with Gasteiger partial charge in [-0.25, -0.2) is 0 Å². The van der Waals surface area contributed by atoms with Crippen LogP contribution in [0.1, 0.15) is 25.7 Å². The molecular formula is C11H19F3N2O2. The highest BCUT2D eigenvalue weighted by molar-refractivity contribution is 5.84. The molecule has 0 aromatic rings. The number of rotatable bonds is 5. The number of amides is 1. The second kappa shape index (κ2) is 5.88. The summed E-state index contributed by atoms with van der Waals surface area (Å²) < 4.78 is 42.5. The normalized spacial score (nSPS) is 29.2. The summed E-state index contributed by atoms with van der Waals surface area (Å²) in [7, 11) is 1.51. The van der Waals surface area contributed by atoms with Crippen LogP contribution in [0.2, 0.25) is 0 Å². The van der Waals surface area contributed by atoms with Gasteiger partial charge in [-0.05, 0) is 25.7 Å². The molecule has 0 saturated heterocycles. The molecule has 1 fully saturated rings. The van der Waals surface area contributed by atoms with Crippen molar-refractivity contribution in [3.63, 3.8) is 0 Å². The van der Waals surface area contributed by atoms with Crippen LogP contribution in [-0.2, 0) is 9.53 Å². The molecular weight excluding hydrogens is 249 g/mol. The molecule has 0 spiro atoms. The Bertz CT molecular complexity index is 287. The van der Waals surface area contributed by atoms with Gasteiger partial charge in [-0.2, -0.15) is 13.2 Å². The molecule has 0 aromatic heterocycles. The first kappa shape index (κ1) is 15.2. The van der Waals surface area contributed by atoms with Gasteiger partial charge in [0, 0.05) is 13.7 Å². The van der Waals surface area contributed by atoms with Crippen LogP contribution in [0.4, 0.5) is 13.2 Å². The van der Waals surface area contributed by atoms with Gasteiger partial charge in [-0.15, -0.1) is 0 Å². The number of hydrogen-bond donors (Lipinski definition) is 2. The topological polar surface area (TPSA) is 64.3 Å². The summed E-state index contributed by atoms with van der Waals surface area (Å²) in [6.45, 7) is 0.786. The summed E-state index contributed by atoms with van der Waals surface area (Å²) in [5.41, 5.74) is 4.30. The van der Waals surface area contributed by atoms with Gasteiger partial charge in [-0.1, -0.05) is 0 Å². The van der Waals surface area contributed by atoms with E-state index < -0.39 is 23.5 Å². The maximum atomic E-state index is 12.5. The van der Waals surface area contributed by atoms with Crippen molar-refractivity contribution in [3.05, 3.63) is 0 Å². The minimum atomic E-state index is -4.18. The summed E-state index contributed by atoms with van der Waals surface area (Å²) in [6.07, 6.45) is -4.07. The van der Waals surface area contributed by atoms with E-state index >= 15 is 0 Å². The van der Waals surface area contributed by atoms with Crippen LogP contribution in [0, 0.1) is 5.92 Å². The van der Waals surface area contributed by atoms with Crippen LogP contribution < -0.4 is 11.1 Å². The largest absolute Gasteiger partial charge is 0.391 e. The average molecular weight is 268 g/mol. The van der Waals surface area contributed by atoms with Crippen molar-refractivity contribution >= 4 is 5.91 Å². The Morgan fingerprint density at radius 1 is 1.44 bits per heavy atom. The second-order valence-corrected chi connectivity index (χ2v) is 4.68. The van der Waals surface area contributed by atoms with Gasteiger partial charge in [0.15, 0.2) is 0 Å². The molecule has 0 unspecified atom stereocenters. The third-order valence-electron chi connectivity index (χ3n) is 3.54. The number of hydrogen-bond acceptors (Lipinski definition) is 3. The third kappa shape index (κ3) is 3.58. The van der Waals surface area contributed by atoms with E-state index in [0.29, 0.717) is 13.2 Å². The molecule has 1 rings (SSSR count). The smallest absolute Gasteiger partial charge is 0.383 e. The zero-order valence-electron chi connectivity index (χ0n) is 10.3. The van der Waals surface area contributed by atoms with Crippen molar-refractivity contribution in [1.82, 2.24) is 5.32 Å². The van der Waals surface area contributed by atoms with Crippen molar-refractivity contribution in [3.8, 4) is 0 Å². The fourth-order valence-corrected chi connectivity index (χ4v) is 2.34. The Hall–Kier alpha value is -0.820. The van der Waals surface area contributed by atoms with E-state index in [9.17, 15) is 18.0 Å². The van der Waals surface area contributed by atoms with Gasteiger partial charge in [0.1, 0.15) is 0 Å². The van der Waals surface area contributed by atoms with E-state index in [4.69, 9.17) is 10.5 Å². The molecule has 0 bridgehead atoms. The molecule has 0 heterocycles. The predicted octanol–water partition coefficient (Wildman–Crippen LogP) is 1.20. The van der Waals surface area contributed by atoms with Gasteiger partial charge in [0.05, 0.1) is 18.1 Å². The van der Waals surface area contributed by atoms with Gasteiger partial charge < -0.3 is 15.8 Å². The first-order valence-corrected chi connectivity index (χ1v) is 5.92. The Morgan fingerprint density at radius 2 is 2.00 bits per heavy atom. The number of carbonyl (C=O) groups is 1. The highest BCUT2D eigenvalue weighted by atomic mass is 19.4. The maximum absolute atomic E-state index is 12.5. The monoisotopic (exact) mass is 268 g/mol. The summed E-state index contributed by atoms with van der Waals surface area (Å²) in [6, 6.07) is 0. The second-order valence-electron chi connectivity index (χ2n) is 4.68. The molecule has 1 aliphatic rings. The van der Waals surface area contributed by atoms with Crippen LogP contribution >= 0.6 is 0 Å². The molecule has 7 heteroatoms. The number of primary amides is 1. The summed E-state index contributed by atoms with van der Waals surface area (Å²) in [4.78, 5) is 11.5. The van der Waals surface area contributed by atoms with Crippen molar-refractivity contribution in [1.29, 1.82) is 0 Å². The van der Waals surface area contributed by atoms with E-state index in [1.54, 1.807) is 0 Å². The zero-order valence-corrected chi connectivity index (χ0v) is 10.3. The fraction of sp³-hybridized carbons (Fsp3) is 0.909. The van der Waals surface area contributed by atoms with E-state index in [1.807, 2.05) is 0 Å². The van der Waals surface area contributed by atoms with Gasteiger partial charge in [0.2, 0.25) is 5.91 Å². The fourth-order valence-electron chi connectivity index (χ4n) is 2.34. The van der Waals surface area contributed by atoms with Gasteiger partial charge in [0.25, 0.3) is 0 Å². The molecule has 1 aliphatic carbocycles. The quantitative estimate of drug-likeness (QED) is 0.736. The molecule has 0 aliphatic heterocycles. The summed E-state index contributed by atoms with van der Waals surface area (Å²) in [5, 5.41) is 2.94. The molecule has 1 saturated carbocycles. The lowest BCUT2D eigenvalue weighted by molar-refractivity contribution is -0.186. The maximum Gasteiger partial charge on any atom is 0.391 e. The van der Waals surface area contributed by atoms with Crippen LogP contribution in [0.3, 0.4) is 0 Å². The Morgan fingerprint density at radius 3 is 2.39 bits per heavy atom. The molecule has 0 radical (unpaired) electrons. The number of methoxy groups -OCH3 is 1. The predicted molar refractivity (Wildman–Crippen MR) is 59.8 cm³/mol. The summed E-state index contributed by atoms with van der Waals surface area (Å²) >= 11 is 0. The van der Waals surface area contributed by atoms with E-state index in [0.717, 1.165) is 0 Å². The van der Waals surface area contributed by atoms with E-state index in [2.05, 4.69) is 5.32 Å². The SMILES string of the molecule is COCCNC1(C(N)=O)CCC(C(F)(F)F)CC1. The highest BCUT2D eigenvalue weighted by Crippen LogP contribution is 2.40. The molecule has 0 atom stereocenters. The van der Waals surface area contributed by atoms with Crippen molar-refractivity contribution in [2.45, 2.75) is 37.4 Å². The van der Waals surface area contributed by atoms with Crippen molar-refractivity contribution < 1.29 is 22.7 Å². The van der Waals surface area contributed by atoms with Gasteiger partial charge >= 0.3 is 6.18 Å². The Balaban J connectivity index is 2.60. The first-order chi connectivity index (χ1) is 8.32. The van der Waals surface area contributed by atoms with E-state index in [1.165, 1.54) is 7.11 Å². The van der Waals surface area contributed by atoms with E-state index in [-0.39, 0.29) is 25.7 Å². The lowest BCUT2D eigenvalue weighted by Crippen LogP contribution is -2.58. The Kier molecular flexibility index (Phi) is 4.98. The van der Waals surface area contributed by atoms with Crippen LogP contribution in [0.15, 0.2) is 0 Å². The first-order valence-electron chi connectivity index (χ1n) is 5.92. The van der Waals surface area contributed by atoms with Gasteiger partial charge in [-0.3, -0.25) is 4.79 Å². The minimum absolute atomic E-state index is 0.0631. The number of carbonyl (C=O) groups excluding carboxylic acids is 1. The van der Waals surface area contributed by atoms with Crippen molar-refractivity contribution in [2.24, 2.45) is 11.7 Å². The summed E-state index contributed by atoms with van der Waals surface area (Å²) in [5.74, 6) is -1.91. The zero-order chi connectivity index (χ0) is 13.8. The standard InChI is InChI=1S/C11H19F3N2O2/c1-18-7-6-16-10(9(15)17)4-2-8(3-5-10)11(12,13)14/h8,16H,2-7H2,1H3,(H2,15,17). The minimum Gasteiger partial charge on any atom is -0.383 e. The molecule has 18 heavy (non-hydrogen) atoms. The molecule has 3 N–H and O–H groups in total. The lowest BCUT2D eigenvalue weighted by atomic mass is 9.75. The number of halogens is 3. The Labute approximate surface area is 104 Å². The molecule has 0 aromatic carbocycles. The molecule has 106 valence electrons. The molecule has 1 amide bonds. The van der Waals surface area contributed by atoms with Crippen molar-refractivity contribution in [2.75, 3.05) is 20.3 Å². The molecule has 4 nitrogen and oxygen atoms in total. The lowest BCUT2D eigenvalue weighted by Gasteiger charge is -2.39.